The molecular weight excluding hydrogens is 228 g/mol. The molecule has 0 unspecified atom stereocenters. The second kappa shape index (κ2) is 6.36. The minimum Gasteiger partial charge on any atom is -0.489 e. The fourth-order valence-electron chi connectivity index (χ4n) is 1.63. The lowest BCUT2D eigenvalue weighted by molar-refractivity contribution is 0.306. The first-order valence-corrected chi connectivity index (χ1v) is 7.02. The molecule has 0 aliphatic rings. The molecule has 2 heteroatoms. The smallest absolute Gasteiger partial charge is 0.120 e. The molecule has 0 saturated carbocycles. The molecule has 0 atom stereocenters. The maximum atomic E-state index is 5.77. The Morgan fingerprint density at radius 3 is 2.47 bits per heavy atom. The van der Waals surface area contributed by atoms with Crippen molar-refractivity contribution in [2.45, 2.75) is 12.4 Å². The number of benzene rings is 2. The molecule has 0 N–H and O–H groups in total. The molecule has 0 radical (unpaired) electrons. The summed E-state index contributed by atoms with van der Waals surface area (Å²) in [5, 5.41) is 0. The molecule has 0 amide bonds. The number of thioether (sulfide) groups is 1. The highest BCUT2D eigenvalue weighted by atomic mass is 32.2. The van der Waals surface area contributed by atoms with Crippen LogP contribution in [0, 0.1) is 0 Å². The van der Waals surface area contributed by atoms with Gasteiger partial charge in [-0.2, -0.15) is 11.8 Å². The van der Waals surface area contributed by atoms with Gasteiger partial charge in [0.2, 0.25) is 0 Å². The van der Waals surface area contributed by atoms with Gasteiger partial charge < -0.3 is 4.74 Å². The van der Waals surface area contributed by atoms with E-state index in [0.29, 0.717) is 6.61 Å². The number of hydrogen-bond acceptors (Lipinski definition) is 2. The fourth-order valence-corrected chi connectivity index (χ4v) is 2.15. The van der Waals surface area contributed by atoms with Gasteiger partial charge in [-0.25, -0.2) is 0 Å². The van der Waals surface area contributed by atoms with E-state index < -0.39 is 0 Å². The molecule has 0 bridgehead atoms. The fraction of sp³-hybridized carbons (Fsp3) is 0.200. The van der Waals surface area contributed by atoms with Gasteiger partial charge in [0.25, 0.3) is 0 Å². The van der Waals surface area contributed by atoms with Crippen molar-refractivity contribution in [1.29, 1.82) is 0 Å². The summed E-state index contributed by atoms with van der Waals surface area (Å²) in [6.07, 6.45) is 2.11. The second-order valence-electron chi connectivity index (χ2n) is 3.85. The van der Waals surface area contributed by atoms with Crippen molar-refractivity contribution in [3.8, 4) is 5.75 Å². The second-order valence-corrected chi connectivity index (χ2v) is 4.72. The Labute approximate surface area is 107 Å². The number of rotatable bonds is 5. The van der Waals surface area contributed by atoms with Gasteiger partial charge in [0, 0.05) is 5.75 Å². The third-order valence-electron chi connectivity index (χ3n) is 2.46. The molecule has 1 nitrogen and oxygen atoms in total. The van der Waals surface area contributed by atoms with E-state index in [1.165, 1.54) is 11.1 Å². The predicted molar refractivity (Wildman–Crippen MR) is 74.4 cm³/mol. The van der Waals surface area contributed by atoms with Crippen LogP contribution in [-0.2, 0) is 12.4 Å². The molecule has 0 fully saturated rings. The van der Waals surface area contributed by atoms with E-state index in [2.05, 4.69) is 30.5 Å². The lowest BCUT2D eigenvalue weighted by atomic mass is 10.2. The molecule has 0 aliphatic carbocycles. The molecular formula is C15H16OS. The van der Waals surface area contributed by atoms with Gasteiger partial charge in [-0.1, -0.05) is 42.5 Å². The molecule has 0 spiro atoms. The van der Waals surface area contributed by atoms with Gasteiger partial charge >= 0.3 is 0 Å². The number of hydrogen-bond donors (Lipinski definition) is 0. The summed E-state index contributed by atoms with van der Waals surface area (Å²) in [7, 11) is 0. The Kier molecular flexibility index (Phi) is 4.51. The molecule has 0 saturated heterocycles. The maximum Gasteiger partial charge on any atom is 0.120 e. The molecule has 88 valence electrons. The summed E-state index contributed by atoms with van der Waals surface area (Å²) < 4.78 is 5.77. The van der Waals surface area contributed by atoms with Crippen LogP contribution in [-0.4, -0.2) is 6.26 Å². The van der Waals surface area contributed by atoms with Gasteiger partial charge in [0.05, 0.1) is 0 Å². The van der Waals surface area contributed by atoms with E-state index >= 15 is 0 Å². The largest absolute Gasteiger partial charge is 0.489 e. The molecule has 17 heavy (non-hydrogen) atoms. The summed E-state index contributed by atoms with van der Waals surface area (Å²) in [5.74, 6) is 1.98. The van der Waals surface area contributed by atoms with Crippen molar-refractivity contribution in [2.24, 2.45) is 0 Å². The highest BCUT2D eigenvalue weighted by Crippen LogP contribution is 2.18. The van der Waals surface area contributed by atoms with Gasteiger partial charge in [0.15, 0.2) is 0 Å². The van der Waals surface area contributed by atoms with Crippen molar-refractivity contribution in [2.75, 3.05) is 6.26 Å². The predicted octanol–water partition coefficient (Wildman–Crippen LogP) is 4.13. The van der Waals surface area contributed by atoms with Crippen molar-refractivity contribution < 1.29 is 4.74 Å². The third-order valence-corrected chi connectivity index (χ3v) is 3.08. The molecule has 0 aromatic heterocycles. The normalized spacial score (nSPS) is 10.2. The first kappa shape index (κ1) is 12.1. The Morgan fingerprint density at radius 1 is 0.941 bits per heavy atom. The van der Waals surface area contributed by atoms with Crippen LogP contribution in [0.15, 0.2) is 54.6 Å². The van der Waals surface area contributed by atoms with Gasteiger partial charge in [-0.15, -0.1) is 0 Å². The van der Waals surface area contributed by atoms with Gasteiger partial charge in [-0.3, -0.25) is 0 Å². The standard InChI is InChI=1S/C15H16OS/c1-17-12-14-8-5-9-15(10-14)16-11-13-6-3-2-4-7-13/h2-10H,11-12H2,1H3. The summed E-state index contributed by atoms with van der Waals surface area (Å²) in [6.45, 7) is 0.629. The quantitative estimate of drug-likeness (QED) is 0.782. The van der Waals surface area contributed by atoms with Crippen LogP contribution in [0.4, 0.5) is 0 Å². The SMILES string of the molecule is CSCc1cccc(OCc2ccccc2)c1. The lowest BCUT2D eigenvalue weighted by Crippen LogP contribution is -1.95. The van der Waals surface area contributed by atoms with E-state index in [4.69, 9.17) is 4.74 Å². The molecule has 0 heterocycles. The molecule has 2 aromatic carbocycles. The van der Waals surface area contributed by atoms with Crippen LogP contribution in [0.5, 0.6) is 5.75 Å². The van der Waals surface area contributed by atoms with Gasteiger partial charge in [-0.05, 0) is 29.5 Å². The zero-order chi connectivity index (χ0) is 11.9. The Balaban J connectivity index is 1.97. The Morgan fingerprint density at radius 2 is 1.71 bits per heavy atom. The van der Waals surface area contributed by atoms with Crippen LogP contribution in [0.3, 0.4) is 0 Å². The first-order valence-electron chi connectivity index (χ1n) is 5.63. The highest BCUT2D eigenvalue weighted by Gasteiger charge is 1.97. The van der Waals surface area contributed by atoms with Crippen LogP contribution in [0.25, 0.3) is 0 Å². The van der Waals surface area contributed by atoms with Crippen LogP contribution < -0.4 is 4.74 Å². The zero-order valence-electron chi connectivity index (χ0n) is 9.93. The first-order chi connectivity index (χ1) is 8.38. The minimum atomic E-state index is 0.629. The zero-order valence-corrected chi connectivity index (χ0v) is 10.7. The Hall–Kier alpha value is -1.41. The van der Waals surface area contributed by atoms with Crippen molar-refractivity contribution in [3.63, 3.8) is 0 Å². The van der Waals surface area contributed by atoms with E-state index in [1.807, 2.05) is 42.1 Å². The van der Waals surface area contributed by atoms with Crippen molar-refractivity contribution in [1.82, 2.24) is 0 Å². The summed E-state index contributed by atoms with van der Waals surface area (Å²) >= 11 is 1.82. The Bertz CT molecular complexity index is 453. The highest BCUT2D eigenvalue weighted by molar-refractivity contribution is 7.97. The van der Waals surface area contributed by atoms with Crippen molar-refractivity contribution in [3.05, 3.63) is 65.7 Å². The average Bonchev–Trinajstić information content (AvgIpc) is 2.39. The average molecular weight is 244 g/mol. The molecule has 0 aliphatic heterocycles. The van der Waals surface area contributed by atoms with E-state index in [1.54, 1.807) is 0 Å². The summed E-state index contributed by atoms with van der Waals surface area (Å²) in [5.41, 5.74) is 2.51. The van der Waals surface area contributed by atoms with E-state index in [9.17, 15) is 0 Å². The van der Waals surface area contributed by atoms with Crippen LogP contribution in [0.2, 0.25) is 0 Å². The summed E-state index contributed by atoms with van der Waals surface area (Å²) in [4.78, 5) is 0. The van der Waals surface area contributed by atoms with E-state index in [-0.39, 0.29) is 0 Å². The summed E-state index contributed by atoms with van der Waals surface area (Å²) in [6, 6.07) is 18.5. The topological polar surface area (TPSA) is 9.23 Å². The van der Waals surface area contributed by atoms with Gasteiger partial charge in [0.1, 0.15) is 12.4 Å². The third kappa shape index (κ3) is 3.82. The minimum absolute atomic E-state index is 0.629. The van der Waals surface area contributed by atoms with Crippen LogP contribution in [0.1, 0.15) is 11.1 Å². The van der Waals surface area contributed by atoms with E-state index in [0.717, 1.165) is 11.5 Å². The van der Waals surface area contributed by atoms with Crippen LogP contribution >= 0.6 is 11.8 Å². The monoisotopic (exact) mass is 244 g/mol. The maximum absolute atomic E-state index is 5.77. The molecule has 2 rings (SSSR count). The molecule has 2 aromatic rings. The van der Waals surface area contributed by atoms with Crippen molar-refractivity contribution >= 4 is 11.8 Å². The number of ether oxygens (including phenoxy) is 1. The lowest BCUT2D eigenvalue weighted by Gasteiger charge is -2.07.